The number of non-ortho nitro benzene ring substituents is 1. The lowest BCUT2D eigenvalue weighted by molar-refractivity contribution is -0.384. The van der Waals surface area contributed by atoms with Gasteiger partial charge in [0, 0.05) is 27.7 Å². The highest BCUT2D eigenvalue weighted by Crippen LogP contribution is 2.32. The molecule has 0 atom stereocenters. The Kier molecular flexibility index (Phi) is 7.19. The average Bonchev–Trinajstić information content (AvgIpc) is 3.17. The number of thioether (sulfide) groups is 1. The van der Waals surface area contributed by atoms with Crippen LogP contribution in [-0.2, 0) is 11.4 Å². The van der Waals surface area contributed by atoms with E-state index in [-0.39, 0.29) is 23.4 Å². The molecule has 1 heterocycles. The van der Waals surface area contributed by atoms with Gasteiger partial charge in [-0.05, 0) is 53.7 Å². The number of halogens is 1. The molecule has 4 rings (SSSR count). The third-order valence-corrected chi connectivity index (χ3v) is 6.05. The van der Waals surface area contributed by atoms with Crippen LogP contribution in [0.25, 0.3) is 6.08 Å². The number of carbonyl (C=O) groups is 2. The molecule has 170 valence electrons. The van der Waals surface area contributed by atoms with Crippen molar-refractivity contribution in [1.29, 1.82) is 0 Å². The molecule has 1 saturated heterocycles. The number of carbonyl (C=O) groups excluding carboxylic acids is 2. The number of nitro groups is 1. The normalized spacial score (nSPS) is 15.4. The van der Waals surface area contributed by atoms with E-state index >= 15 is 0 Å². The first-order chi connectivity index (χ1) is 16.4. The van der Waals surface area contributed by atoms with Gasteiger partial charge >= 0.3 is 0 Å². The summed E-state index contributed by atoms with van der Waals surface area (Å²) in [5, 5.41) is 13.8. The van der Waals surface area contributed by atoms with Crippen LogP contribution in [0.3, 0.4) is 0 Å². The molecule has 0 spiro atoms. The number of aliphatic imine (C=N–C) groups is 1. The van der Waals surface area contributed by atoms with Gasteiger partial charge in [0.2, 0.25) is 0 Å². The fraction of sp³-hybridized carbons (Fsp3) is 0.0417. The van der Waals surface area contributed by atoms with Crippen LogP contribution >= 0.6 is 27.7 Å². The summed E-state index contributed by atoms with van der Waals surface area (Å²) in [6, 6.07) is 20.1. The lowest BCUT2D eigenvalue weighted by atomic mass is 10.1. The van der Waals surface area contributed by atoms with E-state index in [0.717, 1.165) is 16.2 Å². The van der Waals surface area contributed by atoms with Gasteiger partial charge in [-0.1, -0.05) is 46.3 Å². The monoisotopic (exact) mass is 537 g/mol. The molecule has 0 saturated carbocycles. The van der Waals surface area contributed by atoms with Crippen LogP contribution in [0.15, 0.2) is 87.2 Å². The first-order valence-corrected chi connectivity index (χ1v) is 11.5. The Balaban J connectivity index is 1.53. The summed E-state index contributed by atoms with van der Waals surface area (Å²) in [4.78, 5) is 39.7. The number of nitro benzene ring substituents is 1. The minimum atomic E-state index is -0.462. The zero-order valence-corrected chi connectivity index (χ0v) is 19.8. The van der Waals surface area contributed by atoms with Crippen molar-refractivity contribution in [1.82, 2.24) is 5.32 Å². The predicted molar refractivity (Wildman–Crippen MR) is 133 cm³/mol. The fourth-order valence-electron chi connectivity index (χ4n) is 3.04. The number of benzene rings is 3. The zero-order valence-electron chi connectivity index (χ0n) is 17.4. The van der Waals surface area contributed by atoms with E-state index in [1.807, 2.05) is 0 Å². The van der Waals surface area contributed by atoms with E-state index in [2.05, 4.69) is 26.2 Å². The quantitative estimate of drug-likeness (QED) is 0.258. The molecule has 3 aromatic carbocycles. The first-order valence-electron chi connectivity index (χ1n) is 9.94. The van der Waals surface area contributed by atoms with Crippen molar-refractivity contribution in [3.63, 3.8) is 0 Å². The van der Waals surface area contributed by atoms with Gasteiger partial charge in [-0.2, -0.15) is 4.99 Å². The molecular formula is C24H16BrN3O5S. The second kappa shape index (κ2) is 10.4. The molecule has 1 aliphatic heterocycles. The summed E-state index contributed by atoms with van der Waals surface area (Å²) in [5.41, 5.74) is 1.66. The molecule has 8 nitrogen and oxygen atoms in total. The SMILES string of the molecule is O=C1NC(=NC(=O)c2ccccc2)S/C1=C\c1cc(Br)ccc1OCc1cccc([N+](=O)[O-])c1. The first kappa shape index (κ1) is 23.4. The van der Waals surface area contributed by atoms with Gasteiger partial charge < -0.3 is 10.1 Å². The Morgan fingerprint density at radius 1 is 1.12 bits per heavy atom. The van der Waals surface area contributed by atoms with Crippen molar-refractivity contribution in [3.8, 4) is 5.75 Å². The van der Waals surface area contributed by atoms with Gasteiger partial charge in [-0.25, -0.2) is 0 Å². The van der Waals surface area contributed by atoms with Gasteiger partial charge in [0.1, 0.15) is 12.4 Å². The summed E-state index contributed by atoms with van der Waals surface area (Å²) in [7, 11) is 0. The minimum absolute atomic E-state index is 0.0184. The molecule has 3 aromatic rings. The molecule has 0 unspecified atom stereocenters. The molecule has 0 aliphatic carbocycles. The maximum atomic E-state index is 12.5. The molecule has 1 fully saturated rings. The Bertz CT molecular complexity index is 1340. The largest absolute Gasteiger partial charge is 0.488 e. The molecule has 34 heavy (non-hydrogen) atoms. The van der Waals surface area contributed by atoms with E-state index < -0.39 is 10.8 Å². The molecule has 0 radical (unpaired) electrons. The lowest BCUT2D eigenvalue weighted by Crippen LogP contribution is -2.20. The summed E-state index contributed by atoms with van der Waals surface area (Å²) in [6.07, 6.45) is 1.64. The number of amides is 2. The number of rotatable bonds is 6. The zero-order chi connectivity index (χ0) is 24.1. The molecular weight excluding hydrogens is 522 g/mol. The van der Waals surface area contributed by atoms with Gasteiger partial charge in [0.05, 0.1) is 9.83 Å². The van der Waals surface area contributed by atoms with E-state index in [1.54, 1.807) is 66.7 Å². The number of nitrogens with zero attached hydrogens (tertiary/aromatic N) is 2. The van der Waals surface area contributed by atoms with E-state index in [9.17, 15) is 19.7 Å². The Morgan fingerprint density at radius 3 is 2.68 bits per heavy atom. The van der Waals surface area contributed by atoms with Crippen molar-refractivity contribution in [2.75, 3.05) is 0 Å². The van der Waals surface area contributed by atoms with Crippen LogP contribution in [0.5, 0.6) is 5.75 Å². The maximum absolute atomic E-state index is 12.5. The van der Waals surface area contributed by atoms with Crippen LogP contribution in [0.1, 0.15) is 21.5 Å². The number of hydrogen-bond acceptors (Lipinski definition) is 6. The van der Waals surface area contributed by atoms with Crippen LogP contribution in [0.4, 0.5) is 5.69 Å². The van der Waals surface area contributed by atoms with Crippen LogP contribution in [-0.4, -0.2) is 21.9 Å². The molecule has 0 aromatic heterocycles. The van der Waals surface area contributed by atoms with Crippen LogP contribution < -0.4 is 10.1 Å². The summed E-state index contributed by atoms with van der Waals surface area (Å²) in [5.74, 6) is -0.344. The van der Waals surface area contributed by atoms with E-state index in [1.165, 1.54) is 12.1 Å². The van der Waals surface area contributed by atoms with Crippen LogP contribution in [0.2, 0.25) is 0 Å². The Morgan fingerprint density at radius 2 is 1.91 bits per heavy atom. The van der Waals surface area contributed by atoms with Gasteiger partial charge in [-0.15, -0.1) is 0 Å². The standard InChI is InChI=1S/C24H16BrN3O5S/c25-18-9-10-20(33-14-15-5-4-8-19(11-15)28(31)32)17(12-18)13-21-23(30)27-24(34-21)26-22(29)16-6-2-1-3-7-16/h1-13H,14H2,(H,26,27,29,30)/b21-13-. The van der Waals surface area contributed by atoms with Crippen LogP contribution in [0, 0.1) is 10.1 Å². The average molecular weight is 538 g/mol. The van der Waals surface area contributed by atoms with Gasteiger partial charge in [-0.3, -0.25) is 19.7 Å². The smallest absolute Gasteiger partial charge is 0.279 e. The number of amidine groups is 1. The minimum Gasteiger partial charge on any atom is -0.488 e. The third-order valence-electron chi connectivity index (χ3n) is 4.65. The van der Waals surface area contributed by atoms with Crippen molar-refractivity contribution < 1.29 is 19.2 Å². The number of nitrogens with one attached hydrogen (secondary N) is 1. The Hall–Kier alpha value is -3.76. The molecule has 1 aliphatic rings. The fourth-order valence-corrected chi connectivity index (χ4v) is 4.23. The second-order valence-corrected chi connectivity index (χ2v) is 9.00. The molecule has 2 amide bonds. The third kappa shape index (κ3) is 5.77. The van der Waals surface area contributed by atoms with E-state index in [4.69, 9.17) is 4.74 Å². The predicted octanol–water partition coefficient (Wildman–Crippen LogP) is 5.34. The van der Waals surface area contributed by atoms with Crippen molar-refractivity contribution in [2.24, 2.45) is 4.99 Å². The summed E-state index contributed by atoms with van der Waals surface area (Å²) < 4.78 is 6.67. The highest BCUT2D eigenvalue weighted by atomic mass is 79.9. The summed E-state index contributed by atoms with van der Waals surface area (Å²) in [6.45, 7) is 0.108. The van der Waals surface area contributed by atoms with Crippen molar-refractivity contribution >= 4 is 56.4 Å². The number of hydrogen-bond donors (Lipinski definition) is 1. The Labute approximate surface area is 207 Å². The topological polar surface area (TPSA) is 111 Å². The van der Waals surface area contributed by atoms with Gasteiger partial charge in [0.25, 0.3) is 17.5 Å². The molecule has 0 bridgehead atoms. The summed E-state index contributed by atoms with van der Waals surface area (Å²) >= 11 is 4.47. The number of ether oxygens (including phenoxy) is 1. The van der Waals surface area contributed by atoms with Gasteiger partial charge in [0.15, 0.2) is 5.17 Å². The lowest BCUT2D eigenvalue weighted by Gasteiger charge is -2.10. The highest BCUT2D eigenvalue weighted by molar-refractivity contribution is 9.10. The van der Waals surface area contributed by atoms with E-state index in [0.29, 0.717) is 27.3 Å². The maximum Gasteiger partial charge on any atom is 0.279 e. The van der Waals surface area contributed by atoms with Crippen molar-refractivity contribution in [3.05, 3.63) is 109 Å². The molecule has 10 heteroatoms. The van der Waals surface area contributed by atoms with Crippen molar-refractivity contribution in [2.45, 2.75) is 6.61 Å². The highest BCUT2D eigenvalue weighted by Gasteiger charge is 2.25. The second-order valence-electron chi connectivity index (χ2n) is 7.05. The molecule has 1 N–H and O–H groups in total.